The summed E-state index contributed by atoms with van der Waals surface area (Å²) in [5, 5.41) is 21.3. The van der Waals surface area contributed by atoms with Crippen molar-refractivity contribution < 1.29 is 15.0 Å². The molecule has 1 heterocycles. The molecule has 0 aliphatic rings. The van der Waals surface area contributed by atoms with Crippen molar-refractivity contribution in [2.75, 3.05) is 0 Å². The van der Waals surface area contributed by atoms with Crippen LogP contribution in [0.4, 0.5) is 0 Å². The lowest BCUT2D eigenvalue weighted by molar-refractivity contribution is -0.164. The maximum Gasteiger partial charge on any atom is 0.312 e. The third-order valence-electron chi connectivity index (χ3n) is 2.60. The summed E-state index contributed by atoms with van der Waals surface area (Å²) < 4.78 is 0. The van der Waals surface area contributed by atoms with Gasteiger partial charge in [-0.1, -0.05) is 0 Å². The Kier molecular flexibility index (Phi) is 2.65. The summed E-state index contributed by atoms with van der Waals surface area (Å²) >= 11 is 1.25. The van der Waals surface area contributed by atoms with Gasteiger partial charge in [-0.25, -0.2) is 4.98 Å². The Morgan fingerprint density at radius 2 is 2.07 bits per heavy atom. The lowest BCUT2D eigenvalue weighted by Gasteiger charge is -2.34. The fraction of sp³-hybridized carbons (Fsp3) is 0.556. The smallest absolute Gasteiger partial charge is 0.312 e. The van der Waals surface area contributed by atoms with Crippen LogP contribution in [-0.2, 0) is 10.4 Å². The Bertz CT molecular complexity index is 330. The van der Waals surface area contributed by atoms with Crippen LogP contribution in [0.15, 0.2) is 11.6 Å². The molecule has 0 aromatic carbocycles. The number of nitrogens with zero attached hydrogens (tertiary/aromatic N) is 1. The van der Waals surface area contributed by atoms with Crippen LogP contribution in [0.1, 0.15) is 25.8 Å². The zero-order valence-electron chi connectivity index (χ0n) is 8.31. The molecule has 0 bridgehead atoms. The summed E-state index contributed by atoms with van der Waals surface area (Å²) in [4.78, 5) is 14.9. The van der Waals surface area contributed by atoms with Crippen LogP contribution < -0.4 is 0 Å². The third kappa shape index (κ3) is 1.53. The molecule has 1 unspecified atom stereocenters. The fourth-order valence-electron chi connectivity index (χ4n) is 0.939. The summed E-state index contributed by atoms with van der Waals surface area (Å²) in [5.41, 5.74) is -2.71. The Hall–Kier alpha value is -0.940. The predicted octanol–water partition coefficient (Wildman–Crippen LogP) is 1.46. The largest absolute Gasteiger partial charge is 0.481 e. The highest BCUT2D eigenvalue weighted by molar-refractivity contribution is 7.09. The molecule has 1 aromatic rings. The second kappa shape index (κ2) is 3.33. The minimum atomic E-state index is -1.45. The number of carboxylic acid groups (broad SMARTS) is 1. The summed E-state index contributed by atoms with van der Waals surface area (Å²) in [6.45, 7) is 4.44. The molecule has 78 valence electrons. The minimum absolute atomic E-state index is 0.421. The molecule has 0 aliphatic carbocycles. The molecule has 14 heavy (non-hydrogen) atoms. The van der Waals surface area contributed by atoms with Gasteiger partial charge in [-0.05, 0) is 20.8 Å². The molecule has 0 fully saturated rings. The van der Waals surface area contributed by atoms with E-state index < -0.39 is 17.0 Å². The Labute approximate surface area is 86.2 Å². The lowest BCUT2D eigenvalue weighted by atomic mass is 9.76. The van der Waals surface area contributed by atoms with Crippen molar-refractivity contribution in [3.05, 3.63) is 16.6 Å². The van der Waals surface area contributed by atoms with Crippen LogP contribution in [0.3, 0.4) is 0 Å². The van der Waals surface area contributed by atoms with Crippen molar-refractivity contribution >= 4 is 17.3 Å². The number of aliphatic carboxylic acids is 1. The van der Waals surface area contributed by atoms with E-state index in [0.29, 0.717) is 5.01 Å². The van der Waals surface area contributed by atoms with Crippen LogP contribution in [0.5, 0.6) is 0 Å². The van der Waals surface area contributed by atoms with E-state index in [1.54, 1.807) is 11.6 Å². The van der Waals surface area contributed by atoms with Crippen molar-refractivity contribution in [1.82, 2.24) is 4.98 Å². The van der Waals surface area contributed by atoms with Gasteiger partial charge in [0, 0.05) is 11.6 Å². The minimum Gasteiger partial charge on any atom is -0.481 e. The first-order valence-electron chi connectivity index (χ1n) is 4.16. The summed E-state index contributed by atoms with van der Waals surface area (Å²) in [7, 11) is 0. The second-order valence-electron chi connectivity index (χ2n) is 3.84. The molecule has 0 radical (unpaired) electrons. The summed E-state index contributed by atoms with van der Waals surface area (Å²) in [5.74, 6) is -1.04. The quantitative estimate of drug-likeness (QED) is 0.800. The van der Waals surface area contributed by atoms with E-state index in [1.165, 1.54) is 32.1 Å². The number of aliphatic hydroxyl groups is 1. The van der Waals surface area contributed by atoms with Crippen molar-refractivity contribution in [3.8, 4) is 0 Å². The van der Waals surface area contributed by atoms with Crippen molar-refractivity contribution in [2.45, 2.75) is 26.4 Å². The monoisotopic (exact) mass is 215 g/mol. The first kappa shape index (κ1) is 11.1. The van der Waals surface area contributed by atoms with Gasteiger partial charge in [-0.3, -0.25) is 4.79 Å². The van der Waals surface area contributed by atoms with Gasteiger partial charge < -0.3 is 10.2 Å². The van der Waals surface area contributed by atoms with Crippen molar-refractivity contribution in [3.63, 3.8) is 0 Å². The molecule has 0 spiro atoms. The Balaban J connectivity index is 3.13. The average molecular weight is 215 g/mol. The summed E-state index contributed by atoms with van der Waals surface area (Å²) in [6, 6.07) is 0. The first-order valence-corrected chi connectivity index (χ1v) is 5.04. The highest BCUT2D eigenvalue weighted by atomic mass is 32.1. The van der Waals surface area contributed by atoms with Gasteiger partial charge in [0.05, 0.1) is 5.41 Å². The zero-order valence-corrected chi connectivity index (χ0v) is 9.13. The van der Waals surface area contributed by atoms with E-state index in [4.69, 9.17) is 5.11 Å². The van der Waals surface area contributed by atoms with E-state index in [1.807, 2.05) is 0 Å². The van der Waals surface area contributed by atoms with E-state index in [-0.39, 0.29) is 0 Å². The number of aromatic nitrogens is 1. The molecule has 0 saturated heterocycles. The number of hydrogen-bond donors (Lipinski definition) is 2. The Morgan fingerprint density at radius 3 is 2.43 bits per heavy atom. The van der Waals surface area contributed by atoms with Gasteiger partial charge in [-0.15, -0.1) is 11.3 Å². The van der Waals surface area contributed by atoms with Gasteiger partial charge in [0.2, 0.25) is 0 Å². The van der Waals surface area contributed by atoms with Crippen LogP contribution in [0.2, 0.25) is 0 Å². The highest BCUT2D eigenvalue weighted by Gasteiger charge is 2.48. The maximum absolute atomic E-state index is 11.0. The van der Waals surface area contributed by atoms with Gasteiger partial charge in [0.15, 0.2) is 0 Å². The number of carboxylic acids is 1. The molecule has 2 N–H and O–H groups in total. The normalized spacial score (nSPS) is 16.3. The molecule has 0 amide bonds. The predicted molar refractivity (Wildman–Crippen MR) is 53.1 cm³/mol. The number of carbonyl (C=O) groups is 1. The molecule has 0 aliphatic heterocycles. The van der Waals surface area contributed by atoms with E-state index in [9.17, 15) is 9.90 Å². The van der Waals surface area contributed by atoms with Crippen LogP contribution in [0.25, 0.3) is 0 Å². The SMILES string of the molecule is CC(C)(C(=O)O)C(C)(O)c1nccs1. The average Bonchev–Trinajstić information content (AvgIpc) is 2.55. The van der Waals surface area contributed by atoms with Gasteiger partial charge >= 0.3 is 5.97 Å². The van der Waals surface area contributed by atoms with E-state index in [2.05, 4.69) is 4.98 Å². The van der Waals surface area contributed by atoms with Crippen LogP contribution >= 0.6 is 11.3 Å². The number of hydrogen-bond acceptors (Lipinski definition) is 4. The van der Waals surface area contributed by atoms with Crippen molar-refractivity contribution in [1.29, 1.82) is 0 Å². The van der Waals surface area contributed by atoms with E-state index >= 15 is 0 Å². The van der Waals surface area contributed by atoms with E-state index in [0.717, 1.165) is 0 Å². The molecular formula is C9H13NO3S. The van der Waals surface area contributed by atoms with Crippen LogP contribution in [0, 0.1) is 5.41 Å². The van der Waals surface area contributed by atoms with Crippen molar-refractivity contribution in [2.24, 2.45) is 5.41 Å². The molecule has 1 aromatic heterocycles. The molecule has 5 heteroatoms. The van der Waals surface area contributed by atoms with Crippen LogP contribution in [-0.4, -0.2) is 21.2 Å². The molecule has 1 atom stereocenters. The third-order valence-corrected chi connectivity index (χ3v) is 3.58. The second-order valence-corrected chi connectivity index (χ2v) is 4.73. The summed E-state index contributed by atoms with van der Waals surface area (Å²) in [6.07, 6.45) is 1.55. The number of rotatable bonds is 3. The highest BCUT2D eigenvalue weighted by Crippen LogP contribution is 2.40. The number of thiazole rings is 1. The lowest BCUT2D eigenvalue weighted by Crippen LogP contribution is -2.44. The molecule has 0 saturated carbocycles. The van der Waals surface area contributed by atoms with Gasteiger partial charge in [-0.2, -0.15) is 0 Å². The molecule has 4 nitrogen and oxygen atoms in total. The Morgan fingerprint density at radius 1 is 1.50 bits per heavy atom. The topological polar surface area (TPSA) is 70.4 Å². The fourth-order valence-corrected chi connectivity index (χ4v) is 1.80. The first-order chi connectivity index (χ1) is 6.30. The molecule has 1 rings (SSSR count). The van der Waals surface area contributed by atoms with Gasteiger partial charge in [0.1, 0.15) is 10.6 Å². The zero-order chi connectivity index (χ0) is 11.0. The van der Waals surface area contributed by atoms with Gasteiger partial charge in [0.25, 0.3) is 0 Å². The molecular weight excluding hydrogens is 202 g/mol. The standard InChI is InChI=1S/C9H13NO3S/c1-8(2,7(11)12)9(3,13)6-10-4-5-14-6/h4-5,13H,1-3H3,(H,11,12). The maximum atomic E-state index is 11.0.